The molecule has 1 aromatic carbocycles. The van der Waals surface area contributed by atoms with Crippen LogP contribution in [0.15, 0.2) is 35.3 Å². The summed E-state index contributed by atoms with van der Waals surface area (Å²) in [5.74, 6) is 0.782. The molecular weight excluding hydrogens is 342 g/mol. The fourth-order valence-corrected chi connectivity index (χ4v) is 3.02. The van der Waals surface area contributed by atoms with Crippen LogP contribution in [-0.4, -0.2) is 76.3 Å². The van der Waals surface area contributed by atoms with E-state index < -0.39 is 0 Å². The summed E-state index contributed by atoms with van der Waals surface area (Å²) < 4.78 is 5.32. The van der Waals surface area contributed by atoms with Crippen molar-refractivity contribution in [2.24, 2.45) is 4.99 Å². The van der Waals surface area contributed by atoms with E-state index >= 15 is 0 Å². The second-order valence-corrected chi connectivity index (χ2v) is 6.46. The molecule has 2 rings (SSSR count). The fourth-order valence-electron chi connectivity index (χ4n) is 3.02. The molecule has 7 heteroatoms. The summed E-state index contributed by atoms with van der Waals surface area (Å²) in [6.45, 7) is 7.86. The van der Waals surface area contributed by atoms with Crippen molar-refractivity contribution in [3.8, 4) is 0 Å². The van der Waals surface area contributed by atoms with Gasteiger partial charge < -0.3 is 25.2 Å². The van der Waals surface area contributed by atoms with Crippen molar-refractivity contribution in [3.05, 3.63) is 30.3 Å². The van der Waals surface area contributed by atoms with E-state index in [1.54, 1.807) is 7.05 Å². The Bertz CT molecular complexity index is 571. The molecule has 1 amide bonds. The molecule has 7 nitrogen and oxygen atoms in total. The van der Waals surface area contributed by atoms with Gasteiger partial charge in [0.25, 0.3) is 0 Å². The molecule has 0 unspecified atom stereocenters. The Morgan fingerprint density at radius 3 is 2.52 bits per heavy atom. The lowest BCUT2D eigenvalue weighted by Gasteiger charge is -2.36. The summed E-state index contributed by atoms with van der Waals surface area (Å²) in [4.78, 5) is 20.9. The van der Waals surface area contributed by atoms with Crippen LogP contribution in [0.1, 0.15) is 19.8 Å². The summed E-state index contributed by atoms with van der Waals surface area (Å²) >= 11 is 0. The molecule has 1 saturated heterocycles. The summed E-state index contributed by atoms with van der Waals surface area (Å²) in [5.41, 5.74) is 1.22. The second-order valence-electron chi connectivity index (χ2n) is 6.46. The normalized spacial score (nSPS) is 15.0. The van der Waals surface area contributed by atoms with Crippen molar-refractivity contribution >= 4 is 17.6 Å². The van der Waals surface area contributed by atoms with Crippen LogP contribution >= 0.6 is 0 Å². The first-order valence-electron chi connectivity index (χ1n) is 9.84. The van der Waals surface area contributed by atoms with Gasteiger partial charge in [0.1, 0.15) is 0 Å². The molecule has 0 aromatic heterocycles. The largest absolute Gasteiger partial charge is 0.382 e. The third-order valence-electron chi connectivity index (χ3n) is 4.60. The first-order valence-corrected chi connectivity index (χ1v) is 9.84. The number of ether oxygens (including phenoxy) is 1. The number of hydrogen-bond donors (Lipinski definition) is 2. The van der Waals surface area contributed by atoms with Gasteiger partial charge in [-0.05, 0) is 31.9 Å². The van der Waals surface area contributed by atoms with Gasteiger partial charge in [0.15, 0.2) is 5.96 Å². The lowest BCUT2D eigenvalue weighted by molar-refractivity contribution is -0.130. The van der Waals surface area contributed by atoms with Crippen LogP contribution in [0.3, 0.4) is 0 Å². The SMILES string of the molecule is CCOCCCCNC(=NC)NCC(=O)N1CCN(c2ccccc2)CC1. The zero-order chi connectivity index (χ0) is 19.3. The zero-order valence-corrected chi connectivity index (χ0v) is 16.6. The number of piperazine rings is 1. The first-order chi connectivity index (χ1) is 13.2. The number of anilines is 1. The van der Waals surface area contributed by atoms with E-state index in [1.807, 2.05) is 30.0 Å². The highest BCUT2D eigenvalue weighted by atomic mass is 16.5. The monoisotopic (exact) mass is 375 g/mol. The molecule has 1 aromatic rings. The Hall–Kier alpha value is -2.28. The van der Waals surface area contributed by atoms with Gasteiger partial charge in [0.2, 0.25) is 5.91 Å². The average molecular weight is 376 g/mol. The van der Waals surface area contributed by atoms with Crippen LogP contribution in [-0.2, 0) is 9.53 Å². The lowest BCUT2D eigenvalue weighted by atomic mass is 10.2. The number of unbranched alkanes of at least 4 members (excludes halogenated alkanes) is 1. The Morgan fingerprint density at radius 2 is 1.85 bits per heavy atom. The van der Waals surface area contributed by atoms with Gasteiger partial charge >= 0.3 is 0 Å². The molecule has 0 aliphatic carbocycles. The number of benzene rings is 1. The maximum absolute atomic E-state index is 12.5. The number of rotatable bonds is 9. The van der Waals surface area contributed by atoms with E-state index in [1.165, 1.54) is 5.69 Å². The number of carbonyl (C=O) groups excluding carboxylic acids is 1. The van der Waals surface area contributed by atoms with Crippen molar-refractivity contribution in [2.45, 2.75) is 19.8 Å². The van der Waals surface area contributed by atoms with E-state index in [0.717, 1.165) is 58.8 Å². The van der Waals surface area contributed by atoms with Gasteiger partial charge in [-0.1, -0.05) is 18.2 Å². The summed E-state index contributed by atoms with van der Waals surface area (Å²) in [7, 11) is 1.72. The smallest absolute Gasteiger partial charge is 0.242 e. The number of guanidine groups is 1. The number of nitrogens with one attached hydrogen (secondary N) is 2. The van der Waals surface area contributed by atoms with Crippen LogP contribution in [0.25, 0.3) is 0 Å². The minimum atomic E-state index is 0.113. The highest BCUT2D eigenvalue weighted by Crippen LogP contribution is 2.15. The Balaban J connectivity index is 1.63. The van der Waals surface area contributed by atoms with Crippen LogP contribution in [0.4, 0.5) is 5.69 Å². The highest BCUT2D eigenvalue weighted by Gasteiger charge is 2.21. The van der Waals surface area contributed by atoms with E-state index in [9.17, 15) is 4.79 Å². The zero-order valence-electron chi connectivity index (χ0n) is 16.6. The van der Waals surface area contributed by atoms with Crippen molar-refractivity contribution in [1.82, 2.24) is 15.5 Å². The summed E-state index contributed by atoms with van der Waals surface area (Å²) in [5, 5.41) is 6.35. The van der Waals surface area contributed by atoms with Crippen molar-refractivity contribution < 1.29 is 9.53 Å². The van der Waals surface area contributed by atoms with Gasteiger partial charge in [-0.15, -0.1) is 0 Å². The average Bonchev–Trinajstić information content (AvgIpc) is 2.73. The quantitative estimate of drug-likeness (QED) is 0.387. The van der Waals surface area contributed by atoms with E-state index in [2.05, 4.69) is 32.7 Å². The number of carbonyl (C=O) groups is 1. The minimum absolute atomic E-state index is 0.113. The van der Waals surface area contributed by atoms with Crippen molar-refractivity contribution in [2.75, 3.05) is 64.4 Å². The molecule has 1 fully saturated rings. The van der Waals surface area contributed by atoms with Crippen LogP contribution in [0.2, 0.25) is 0 Å². The fraction of sp³-hybridized carbons (Fsp3) is 0.600. The highest BCUT2D eigenvalue weighted by molar-refractivity contribution is 5.86. The predicted molar refractivity (Wildman–Crippen MR) is 110 cm³/mol. The number of nitrogens with zero attached hydrogens (tertiary/aromatic N) is 3. The minimum Gasteiger partial charge on any atom is -0.382 e. The van der Waals surface area contributed by atoms with Gasteiger partial charge in [-0.2, -0.15) is 0 Å². The molecule has 1 aliphatic heterocycles. The maximum Gasteiger partial charge on any atom is 0.242 e. The van der Waals surface area contributed by atoms with Gasteiger partial charge in [0.05, 0.1) is 6.54 Å². The second kappa shape index (κ2) is 12.2. The first kappa shape index (κ1) is 21.0. The molecule has 0 radical (unpaired) electrons. The summed E-state index contributed by atoms with van der Waals surface area (Å²) in [6.07, 6.45) is 2.03. The summed E-state index contributed by atoms with van der Waals surface area (Å²) in [6, 6.07) is 10.3. The Morgan fingerprint density at radius 1 is 1.11 bits per heavy atom. The van der Waals surface area contributed by atoms with E-state index in [-0.39, 0.29) is 12.5 Å². The topological polar surface area (TPSA) is 69.2 Å². The lowest BCUT2D eigenvalue weighted by Crippen LogP contribution is -2.52. The van der Waals surface area contributed by atoms with E-state index in [0.29, 0.717) is 5.96 Å². The number of para-hydroxylation sites is 1. The molecule has 0 saturated carbocycles. The van der Waals surface area contributed by atoms with Gasteiger partial charge in [-0.3, -0.25) is 9.79 Å². The third kappa shape index (κ3) is 7.46. The molecule has 27 heavy (non-hydrogen) atoms. The number of hydrogen-bond acceptors (Lipinski definition) is 4. The van der Waals surface area contributed by atoms with E-state index in [4.69, 9.17) is 4.74 Å². The molecule has 1 aliphatic rings. The predicted octanol–water partition coefficient (Wildman–Crippen LogP) is 1.32. The molecular formula is C20H33N5O2. The van der Waals surface area contributed by atoms with Crippen LogP contribution in [0.5, 0.6) is 0 Å². The number of aliphatic imine (C=N–C) groups is 1. The standard InChI is InChI=1S/C20H33N5O2/c1-3-27-16-8-7-11-22-20(21-2)23-17-19(26)25-14-12-24(13-15-25)18-9-5-4-6-10-18/h4-6,9-10H,3,7-8,11-17H2,1-2H3,(H2,21,22,23). The van der Waals surface area contributed by atoms with Gasteiger partial charge in [0, 0.05) is 58.7 Å². The molecule has 0 atom stereocenters. The van der Waals surface area contributed by atoms with Gasteiger partial charge in [-0.25, -0.2) is 0 Å². The third-order valence-corrected chi connectivity index (χ3v) is 4.60. The van der Waals surface area contributed by atoms with Crippen molar-refractivity contribution in [3.63, 3.8) is 0 Å². The van der Waals surface area contributed by atoms with Crippen molar-refractivity contribution in [1.29, 1.82) is 0 Å². The Labute approximate surface area is 162 Å². The Kier molecular flexibility index (Phi) is 9.48. The molecule has 0 spiro atoms. The molecule has 150 valence electrons. The molecule has 2 N–H and O–H groups in total. The number of amides is 1. The molecule has 0 bridgehead atoms. The molecule has 1 heterocycles. The maximum atomic E-state index is 12.5. The van der Waals surface area contributed by atoms with Crippen LogP contribution in [0, 0.1) is 0 Å². The van der Waals surface area contributed by atoms with Crippen LogP contribution < -0.4 is 15.5 Å².